The summed E-state index contributed by atoms with van der Waals surface area (Å²) >= 11 is 0. The first-order chi connectivity index (χ1) is 22.3. The minimum absolute atomic E-state index is 1.07. The Morgan fingerprint density at radius 2 is 0.778 bits per heavy atom. The van der Waals surface area contributed by atoms with E-state index in [9.17, 15) is 0 Å². The van der Waals surface area contributed by atoms with Gasteiger partial charge in [0, 0.05) is 49.4 Å². The fraction of sp³-hybridized carbons (Fsp3) is 0.0476. The van der Waals surface area contributed by atoms with Crippen molar-refractivity contribution in [1.29, 1.82) is 0 Å². The van der Waals surface area contributed by atoms with Crippen LogP contribution >= 0.6 is 0 Å². The second-order valence-electron chi connectivity index (χ2n) is 12.1. The molecule has 0 radical (unpaired) electrons. The van der Waals surface area contributed by atoms with E-state index in [4.69, 9.17) is 0 Å². The topological polar surface area (TPSA) is 14.8 Å². The normalized spacial score (nSPS) is 13.6. The van der Waals surface area contributed by atoms with Gasteiger partial charge in [-0.3, -0.25) is 0 Å². The summed E-state index contributed by atoms with van der Waals surface area (Å²) in [5, 5.41) is 7.70. The molecule has 0 unspecified atom stereocenters. The number of fused-ring (bicyclic) bond motifs is 9. The first kappa shape index (κ1) is 24.6. The average molecular weight is 576 g/mol. The molecular weight excluding hydrogens is 546 g/mol. The first-order valence-electron chi connectivity index (χ1n) is 15.8. The van der Waals surface area contributed by atoms with Gasteiger partial charge in [-0.1, -0.05) is 84.9 Å². The Hall–Kier alpha value is -5.80. The van der Waals surface area contributed by atoms with Gasteiger partial charge in [0.25, 0.3) is 0 Å². The molecule has 9 aromatic rings. The molecule has 0 saturated carbocycles. The molecule has 212 valence electrons. The zero-order chi connectivity index (χ0) is 29.5. The quantitative estimate of drug-likeness (QED) is 0.199. The Balaban J connectivity index is 1.23. The highest BCUT2D eigenvalue weighted by atomic mass is 15.0. The number of nitrogens with zero attached hydrogens (tertiary/aromatic N) is 3. The monoisotopic (exact) mass is 575 g/mol. The van der Waals surface area contributed by atoms with Crippen LogP contribution in [0.3, 0.4) is 0 Å². The van der Waals surface area contributed by atoms with Crippen molar-refractivity contribution < 1.29 is 0 Å². The van der Waals surface area contributed by atoms with E-state index in [0.29, 0.717) is 0 Å². The van der Waals surface area contributed by atoms with Crippen molar-refractivity contribution in [1.82, 2.24) is 13.7 Å². The van der Waals surface area contributed by atoms with Gasteiger partial charge in [0.05, 0.1) is 33.1 Å². The standard InChI is InChI=1S/C42H29N3/c1-2-12-28(13-3-1)44-39-20-10-6-16-33(39)35-26-36-34-17-7-11-21-40(34)45(42(36)27-41(35)44)30-24-22-29(23-25-30)43-37-18-8-4-14-31(37)32-15-5-9-19-38(32)43/h2,4-27H,1,3H2. The molecular formula is C42H29N3. The maximum absolute atomic E-state index is 2.45. The van der Waals surface area contributed by atoms with E-state index in [2.05, 4.69) is 165 Å². The zero-order valence-corrected chi connectivity index (χ0v) is 24.7. The van der Waals surface area contributed by atoms with Crippen molar-refractivity contribution in [2.75, 3.05) is 0 Å². The molecule has 1 aliphatic rings. The van der Waals surface area contributed by atoms with E-state index in [1.807, 2.05) is 0 Å². The van der Waals surface area contributed by atoms with Crippen molar-refractivity contribution in [2.45, 2.75) is 12.8 Å². The molecule has 3 heteroatoms. The second-order valence-corrected chi connectivity index (χ2v) is 12.1. The molecule has 3 heterocycles. The molecule has 10 rings (SSSR count). The molecule has 1 aliphatic carbocycles. The maximum atomic E-state index is 2.45. The highest BCUT2D eigenvalue weighted by molar-refractivity contribution is 6.19. The molecule has 0 amide bonds. The Bertz CT molecular complexity index is 2640. The number of benzene rings is 6. The molecule has 0 saturated heterocycles. The number of hydrogen-bond donors (Lipinski definition) is 0. The Morgan fingerprint density at radius 3 is 1.27 bits per heavy atom. The molecule has 3 aromatic heterocycles. The van der Waals surface area contributed by atoms with Crippen LogP contribution in [0.15, 0.2) is 152 Å². The Kier molecular flexibility index (Phi) is 5.11. The number of rotatable bonds is 3. The number of para-hydroxylation sites is 4. The maximum Gasteiger partial charge on any atom is 0.0562 e. The lowest BCUT2D eigenvalue weighted by Crippen LogP contribution is -1.98. The smallest absolute Gasteiger partial charge is 0.0562 e. The van der Waals surface area contributed by atoms with Gasteiger partial charge in [0.15, 0.2) is 0 Å². The van der Waals surface area contributed by atoms with Crippen LogP contribution in [0.2, 0.25) is 0 Å². The summed E-state index contributed by atoms with van der Waals surface area (Å²) in [6.45, 7) is 0. The summed E-state index contributed by atoms with van der Waals surface area (Å²) in [4.78, 5) is 0. The second kappa shape index (κ2) is 9.35. The van der Waals surface area contributed by atoms with Gasteiger partial charge >= 0.3 is 0 Å². The van der Waals surface area contributed by atoms with Gasteiger partial charge < -0.3 is 13.7 Å². The van der Waals surface area contributed by atoms with Crippen molar-refractivity contribution >= 4 is 71.1 Å². The van der Waals surface area contributed by atoms with E-state index in [1.165, 1.54) is 71.1 Å². The summed E-state index contributed by atoms with van der Waals surface area (Å²) in [7, 11) is 0. The third-order valence-electron chi connectivity index (χ3n) is 9.65. The fourth-order valence-corrected chi connectivity index (χ4v) is 7.70. The van der Waals surface area contributed by atoms with Gasteiger partial charge in [-0.05, 0) is 79.6 Å². The zero-order valence-electron chi connectivity index (χ0n) is 24.7. The molecule has 0 spiro atoms. The number of aromatic nitrogens is 3. The van der Waals surface area contributed by atoms with Crippen LogP contribution in [0.25, 0.3) is 82.5 Å². The Labute approximate surface area is 260 Å². The van der Waals surface area contributed by atoms with Crippen LogP contribution in [0.5, 0.6) is 0 Å². The molecule has 0 N–H and O–H groups in total. The van der Waals surface area contributed by atoms with Gasteiger partial charge in [-0.15, -0.1) is 0 Å². The highest BCUT2D eigenvalue weighted by Gasteiger charge is 2.19. The van der Waals surface area contributed by atoms with E-state index >= 15 is 0 Å². The van der Waals surface area contributed by atoms with Gasteiger partial charge in [-0.2, -0.15) is 0 Å². The van der Waals surface area contributed by atoms with Crippen molar-refractivity contribution in [3.8, 4) is 11.4 Å². The number of allylic oxidation sites excluding steroid dienone is 4. The first-order valence-corrected chi connectivity index (χ1v) is 15.8. The molecule has 0 bridgehead atoms. The molecule has 3 nitrogen and oxygen atoms in total. The lowest BCUT2D eigenvalue weighted by molar-refractivity contribution is 1.02. The lowest BCUT2D eigenvalue weighted by atomic mass is 10.1. The van der Waals surface area contributed by atoms with Crippen LogP contribution in [-0.4, -0.2) is 13.7 Å². The summed E-state index contributed by atoms with van der Waals surface area (Å²) in [6, 6.07) is 48.9. The van der Waals surface area contributed by atoms with Crippen LogP contribution in [0, 0.1) is 0 Å². The van der Waals surface area contributed by atoms with Crippen LogP contribution in [0.4, 0.5) is 0 Å². The molecule has 0 atom stereocenters. The largest absolute Gasteiger partial charge is 0.310 e. The summed E-state index contributed by atoms with van der Waals surface area (Å²) in [6.07, 6.45) is 9.12. The summed E-state index contributed by atoms with van der Waals surface area (Å²) in [5.74, 6) is 0. The minimum Gasteiger partial charge on any atom is -0.310 e. The number of hydrogen-bond acceptors (Lipinski definition) is 0. The molecule has 0 aliphatic heterocycles. The van der Waals surface area contributed by atoms with Crippen LogP contribution in [-0.2, 0) is 0 Å². The third-order valence-corrected chi connectivity index (χ3v) is 9.65. The minimum atomic E-state index is 1.07. The SMILES string of the molecule is C1=CC(n2c3ccccc3c3cc4c5ccccc5n(-c5ccc(-n6c7ccccc7c7ccccc76)cc5)c4cc32)=CCC1. The van der Waals surface area contributed by atoms with E-state index < -0.39 is 0 Å². The van der Waals surface area contributed by atoms with Gasteiger partial charge in [-0.25, -0.2) is 0 Å². The van der Waals surface area contributed by atoms with Gasteiger partial charge in [0.2, 0.25) is 0 Å². The average Bonchev–Trinajstić information content (AvgIpc) is 3.73. The van der Waals surface area contributed by atoms with Crippen molar-refractivity contribution in [2.24, 2.45) is 0 Å². The molecule has 0 fully saturated rings. The van der Waals surface area contributed by atoms with Crippen molar-refractivity contribution in [3.63, 3.8) is 0 Å². The molecule has 6 aromatic carbocycles. The highest BCUT2D eigenvalue weighted by Crippen LogP contribution is 2.40. The van der Waals surface area contributed by atoms with Gasteiger partial charge in [0.1, 0.15) is 0 Å². The van der Waals surface area contributed by atoms with E-state index in [0.717, 1.165) is 24.2 Å². The molecule has 45 heavy (non-hydrogen) atoms. The summed E-state index contributed by atoms with van der Waals surface area (Å²) in [5.41, 5.74) is 11.0. The van der Waals surface area contributed by atoms with Crippen molar-refractivity contribution in [3.05, 3.63) is 152 Å². The Morgan fingerprint density at radius 1 is 0.356 bits per heavy atom. The van der Waals surface area contributed by atoms with E-state index in [-0.39, 0.29) is 0 Å². The third kappa shape index (κ3) is 3.46. The van der Waals surface area contributed by atoms with Crippen LogP contribution < -0.4 is 0 Å². The summed E-state index contributed by atoms with van der Waals surface area (Å²) < 4.78 is 7.27. The lowest BCUT2D eigenvalue weighted by Gasteiger charge is -2.13. The fourth-order valence-electron chi connectivity index (χ4n) is 7.70. The van der Waals surface area contributed by atoms with Crippen LogP contribution in [0.1, 0.15) is 12.8 Å². The van der Waals surface area contributed by atoms with E-state index in [1.54, 1.807) is 0 Å². The predicted molar refractivity (Wildman–Crippen MR) is 191 cm³/mol. The predicted octanol–water partition coefficient (Wildman–Crippen LogP) is 11.2.